The molecule has 0 amide bonds. The van der Waals surface area contributed by atoms with Crippen LogP contribution in [0.5, 0.6) is 0 Å². The standard InChI is InChI=1S/C13H23NO2/c1-16-12(15)13(7-6-8-13)11-14-9-4-2-3-5-10-14/h2-11H2,1H3. The van der Waals surface area contributed by atoms with Gasteiger partial charge in [-0.3, -0.25) is 4.79 Å². The second-order valence-corrected chi connectivity index (χ2v) is 5.32. The van der Waals surface area contributed by atoms with E-state index in [0.29, 0.717) is 0 Å². The maximum absolute atomic E-state index is 11.8. The number of hydrogen-bond donors (Lipinski definition) is 0. The van der Waals surface area contributed by atoms with E-state index in [4.69, 9.17) is 4.74 Å². The highest BCUT2D eigenvalue weighted by atomic mass is 16.5. The van der Waals surface area contributed by atoms with E-state index in [1.165, 1.54) is 52.3 Å². The molecule has 2 fully saturated rings. The number of likely N-dealkylation sites (tertiary alicyclic amines) is 1. The minimum Gasteiger partial charge on any atom is -0.469 e. The van der Waals surface area contributed by atoms with Gasteiger partial charge in [0.05, 0.1) is 12.5 Å². The summed E-state index contributed by atoms with van der Waals surface area (Å²) in [6.45, 7) is 3.26. The molecule has 2 aliphatic rings. The summed E-state index contributed by atoms with van der Waals surface area (Å²) in [6.07, 6.45) is 8.51. The molecule has 1 aliphatic carbocycles. The molecule has 1 heterocycles. The van der Waals surface area contributed by atoms with Gasteiger partial charge in [0.25, 0.3) is 0 Å². The zero-order chi connectivity index (χ0) is 11.4. The number of hydrogen-bond acceptors (Lipinski definition) is 3. The SMILES string of the molecule is COC(=O)C1(CN2CCCCCC2)CCC1. The number of nitrogens with zero attached hydrogens (tertiary/aromatic N) is 1. The average molecular weight is 225 g/mol. The van der Waals surface area contributed by atoms with Crippen LogP contribution in [-0.4, -0.2) is 37.6 Å². The maximum atomic E-state index is 11.8. The number of methoxy groups -OCH3 is 1. The van der Waals surface area contributed by atoms with Gasteiger partial charge < -0.3 is 9.64 Å². The quantitative estimate of drug-likeness (QED) is 0.690. The molecule has 0 atom stereocenters. The predicted octanol–water partition coefficient (Wildman–Crippen LogP) is 2.21. The summed E-state index contributed by atoms with van der Waals surface area (Å²) in [5, 5.41) is 0. The summed E-state index contributed by atoms with van der Waals surface area (Å²) >= 11 is 0. The Morgan fingerprint density at radius 3 is 2.19 bits per heavy atom. The molecule has 0 spiro atoms. The first kappa shape index (κ1) is 11.9. The third-order valence-electron chi connectivity index (χ3n) is 4.15. The van der Waals surface area contributed by atoms with Crippen molar-refractivity contribution in [1.82, 2.24) is 4.90 Å². The first-order valence-corrected chi connectivity index (χ1v) is 6.58. The molecule has 16 heavy (non-hydrogen) atoms. The Morgan fingerprint density at radius 2 is 1.75 bits per heavy atom. The Balaban J connectivity index is 1.92. The van der Waals surface area contributed by atoms with Crippen molar-refractivity contribution in [1.29, 1.82) is 0 Å². The molecule has 0 bridgehead atoms. The van der Waals surface area contributed by atoms with E-state index in [2.05, 4.69) is 4.90 Å². The van der Waals surface area contributed by atoms with Gasteiger partial charge in [0.15, 0.2) is 0 Å². The molecule has 0 unspecified atom stereocenters. The van der Waals surface area contributed by atoms with Crippen molar-refractivity contribution in [2.75, 3.05) is 26.7 Å². The Morgan fingerprint density at radius 1 is 1.12 bits per heavy atom. The summed E-state index contributed by atoms with van der Waals surface area (Å²) in [4.78, 5) is 14.3. The summed E-state index contributed by atoms with van der Waals surface area (Å²) in [5.74, 6) is 0.0167. The zero-order valence-electron chi connectivity index (χ0n) is 10.3. The summed E-state index contributed by atoms with van der Waals surface area (Å²) in [7, 11) is 1.52. The van der Waals surface area contributed by atoms with Crippen LogP contribution in [0.1, 0.15) is 44.9 Å². The highest BCUT2D eigenvalue weighted by molar-refractivity contribution is 5.78. The molecule has 0 aromatic heterocycles. The van der Waals surface area contributed by atoms with Crippen LogP contribution in [0.3, 0.4) is 0 Å². The van der Waals surface area contributed by atoms with Gasteiger partial charge in [-0.15, -0.1) is 0 Å². The van der Waals surface area contributed by atoms with Crippen LogP contribution in [0.2, 0.25) is 0 Å². The minimum atomic E-state index is -0.154. The van der Waals surface area contributed by atoms with E-state index in [0.717, 1.165) is 19.4 Å². The number of carbonyl (C=O) groups excluding carboxylic acids is 1. The van der Waals surface area contributed by atoms with Crippen LogP contribution < -0.4 is 0 Å². The fourth-order valence-electron chi connectivity index (χ4n) is 2.97. The molecular formula is C13H23NO2. The van der Waals surface area contributed by atoms with Crippen LogP contribution in [0.15, 0.2) is 0 Å². The number of rotatable bonds is 3. The number of esters is 1. The molecule has 1 aliphatic heterocycles. The average Bonchev–Trinajstić information content (AvgIpc) is 2.50. The van der Waals surface area contributed by atoms with Crippen LogP contribution in [0.25, 0.3) is 0 Å². The molecule has 0 aromatic rings. The molecule has 0 N–H and O–H groups in total. The Bertz CT molecular complexity index is 240. The summed E-state index contributed by atoms with van der Waals surface area (Å²) in [5.41, 5.74) is -0.154. The monoisotopic (exact) mass is 225 g/mol. The van der Waals surface area contributed by atoms with Crippen LogP contribution in [0.4, 0.5) is 0 Å². The second-order valence-electron chi connectivity index (χ2n) is 5.32. The normalized spacial score (nSPS) is 25.6. The summed E-state index contributed by atoms with van der Waals surface area (Å²) in [6, 6.07) is 0. The molecule has 0 aromatic carbocycles. The van der Waals surface area contributed by atoms with Gasteiger partial charge in [-0.1, -0.05) is 19.3 Å². The highest BCUT2D eigenvalue weighted by Crippen LogP contribution is 2.42. The van der Waals surface area contributed by atoms with Crippen molar-refractivity contribution in [3.63, 3.8) is 0 Å². The van der Waals surface area contributed by atoms with E-state index in [1.54, 1.807) is 0 Å². The van der Waals surface area contributed by atoms with Crippen molar-refractivity contribution in [2.24, 2.45) is 5.41 Å². The third kappa shape index (κ3) is 2.40. The maximum Gasteiger partial charge on any atom is 0.313 e. The molecule has 0 radical (unpaired) electrons. The molecule has 2 rings (SSSR count). The van der Waals surface area contributed by atoms with Crippen molar-refractivity contribution in [3.8, 4) is 0 Å². The van der Waals surface area contributed by atoms with Crippen LogP contribution in [-0.2, 0) is 9.53 Å². The van der Waals surface area contributed by atoms with E-state index in [9.17, 15) is 4.79 Å². The zero-order valence-corrected chi connectivity index (χ0v) is 10.3. The molecular weight excluding hydrogens is 202 g/mol. The fourth-order valence-corrected chi connectivity index (χ4v) is 2.97. The lowest BCUT2D eigenvalue weighted by Gasteiger charge is -2.42. The van der Waals surface area contributed by atoms with E-state index >= 15 is 0 Å². The van der Waals surface area contributed by atoms with Gasteiger partial charge in [-0.25, -0.2) is 0 Å². The molecule has 1 saturated carbocycles. The minimum absolute atomic E-state index is 0.0167. The highest BCUT2D eigenvalue weighted by Gasteiger charge is 2.46. The van der Waals surface area contributed by atoms with Gasteiger partial charge in [0, 0.05) is 6.54 Å². The topological polar surface area (TPSA) is 29.5 Å². The lowest BCUT2D eigenvalue weighted by Crippen LogP contribution is -2.48. The fraction of sp³-hybridized carbons (Fsp3) is 0.923. The van der Waals surface area contributed by atoms with E-state index in [-0.39, 0.29) is 11.4 Å². The van der Waals surface area contributed by atoms with Crippen molar-refractivity contribution in [2.45, 2.75) is 44.9 Å². The van der Waals surface area contributed by atoms with Gasteiger partial charge >= 0.3 is 5.97 Å². The lowest BCUT2D eigenvalue weighted by molar-refractivity contribution is -0.160. The second kappa shape index (κ2) is 5.17. The first-order valence-electron chi connectivity index (χ1n) is 6.58. The molecule has 1 saturated heterocycles. The van der Waals surface area contributed by atoms with Crippen molar-refractivity contribution >= 4 is 5.97 Å². The molecule has 3 nitrogen and oxygen atoms in total. The van der Waals surface area contributed by atoms with Gasteiger partial charge in [-0.05, 0) is 38.8 Å². The number of ether oxygens (including phenoxy) is 1. The smallest absolute Gasteiger partial charge is 0.313 e. The van der Waals surface area contributed by atoms with Crippen molar-refractivity contribution < 1.29 is 9.53 Å². The van der Waals surface area contributed by atoms with Gasteiger partial charge in [-0.2, -0.15) is 0 Å². The Kier molecular flexibility index (Phi) is 3.85. The Hall–Kier alpha value is -0.570. The van der Waals surface area contributed by atoms with Gasteiger partial charge in [0.2, 0.25) is 0 Å². The van der Waals surface area contributed by atoms with Gasteiger partial charge in [0.1, 0.15) is 0 Å². The number of carbonyl (C=O) groups is 1. The first-order chi connectivity index (χ1) is 7.77. The third-order valence-corrected chi connectivity index (χ3v) is 4.15. The molecule has 92 valence electrons. The van der Waals surface area contributed by atoms with Crippen LogP contribution >= 0.6 is 0 Å². The summed E-state index contributed by atoms with van der Waals surface area (Å²) < 4.78 is 4.96. The van der Waals surface area contributed by atoms with E-state index in [1.807, 2.05) is 0 Å². The largest absolute Gasteiger partial charge is 0.469 e. The predicted molar refractivity (Wildman–Crippen MR) is 63.2 cm³/mol. The molecule has 3 heteroatoms. The van der Waals surface area contributed by atoms with E-state index < -0.39 is 0 Å². The van der Waals surface area contributed by atoms with Crippen molar-refractivity contribution in [3.05, 3.63) is 0 Å². The van der Waals surface area contributed by atoms with Crippen LogP contribution in [0, 0.1) is 5.41 Å². The Labute approximate surface area is 98.1 Å². The lowest BCUT2D eigenvalue weighted by atomic mass is 9.68.